The molecule has 1 heterocycles. The Balaban J connectivity index is 1.73. The number of hydrogen-bond acceptors (Lipinski definition) is 3. The van der Waals surface area contributed by atoms with Gasteiger partial charge in [-0.15, -0.1) is 11.3 Å². The van der Waals surface area contributed by atoms with Gasteiger partial charge in [-0.2, -0.15) is 13.2 Å². The topological polar surface area (TPSA) is 49.3 Å². The summed E-state index contributed by atoms with van der Waals surface area (Å²) in [5.74, 6) is 0.668. The summed E-state index contributed by atoms with van der Waals surface area (Å²) in [6, 6.07) is 5.24. The molecular weight excluding hydrogens is 361 g/mol. The molecule has 1 aromatic heterocycles. The van der Waals surface area contributed by atoms with Crippen LogP contribution in [0.5, 0.6) is 0 Å². The van der Waals surface area contributed by atoms with Crippen LogP contribution in [0.2, 0.25) is 0 Å². The van der Waals surface area contributed by atoms with Gasteiger partial charge in [0.25, 0.3) is 0 Å². The molecule has 0 atom stereocenters. The SMILES string of the molecule is CN=C(NCCc1ccc(C(F)(F)F)cc1)NCCc1nc(C)c(C)s1. The molecule has 142 valence electrons. The Labute approximate surface area is 155 Å². The van der Waals surface area contributed by atoms with Crippen LogP contribution in [0.15, 0.2) is 29.3 Å². The molecular formula is C18H23F3N4S. The van der Waals surface area contributed by atoms with Crippen molar-refractivity contribution in [2.75, 3.05) is 20.1 Å². The van der Waals surface area contributed by atoms with Crippen LogP contribution in [0.4, 0.5) is 13.2 Å². The number of thiazole rings is 1. The smallest absolute Gasteiger partial charge is 0.356 e. The van der Waals surface area contributed by atoms with E-state index in [-0.39, 0.29) is 0 Å². The molecule has 0 aliphatic carbocycles. The van der Waals surface area contributed by atoms with Crippen molar-refractivity contribution in [1.29, 1.82) is 0 Å². The van der Waals surface area contributed by atoms with Crippen molar-refractivity contribution in [2.45, 2.75) is 32.9 Å². The third kappa shape index (κ3) is 6.01. The predicted octanol–water partition coefficient (Wildman–Crippen LogP) is 3.73. The summed E-state index contributed by atoms with van der Waals surface area (Å²) in [6.45, 7) is 5.36. The molecule has 0 bridgehead atoms. The van der Waals surface area contributed by atoms with Crippen LogP contribution in [0.25, 0.3) is 0 Å². The van der Waals surface area contributed by atoms with Gasteiger partial charge in [-0.05, 0) is 38.0 Å². The van der Waals surface area contributed by atoms with Gasteiger partial charge in [-0.1, -0.05) is 12.1 Å². The van der Waals surface area contributed by atoms with Gasteiger partial charge in [0.2, 0.25) is 0 Å². The zero-order chi connectivity index (χ0) is 19.2. The first-order chi connectivity index (χ1) is 12.3. The van der Waals surface area contributed by atoms with E-state index in [1.54, 1.807) is 18.4 Å². The Morgan fingerprint density at radius 1 is 1.08 bits per heavy atom. The summed E-state index contributed by atoms with van der Waals surface area (Å²) >= 11 is 1.70. The minimum atomic E-state index is -4.29. The van der Waals surface area contributed by atoms with Crippen molar-refractivity contribution in [2.24, 2.45) is 4.99 Å². The monoisotopic (exact) mass is 384 g/mol. The van der Waals surface area contributed by atoms with E-state index in [1.807, 2.05) is 6.92 Å². The summed E-state index contributed by atoms with van der Waals surface area (Å²) in [5.41, 5.74) is 1.29. The Hall–Kier alpha value is -2.09. The standard InChI is InChI=1S/C18H23F3N4S/c1-12-13(2)26-16(25-12)9-11-24-17(22-3)23-10-8-14-4-6-15(7-5-14)18(19,20)21/h4-7H,8-11H2,1-3H3,(H2,22,23,24). The van der Waals surface area contributed by atoms with E-state index in [1.165, 1.54) is 17.0 Å². The summed E-state index contributed by atoms with van der Waals surface area (Å²) in [5, 5.41) is 7.47. The van der Waals surface area contributed by atoms with Gasteiger partial charge in [-0.3, -0.25) is 4.99 Å². The number of nitrogens with one attached hydrogen (secondary N) is 2. The molecule has 0 unspecified atom stereocenters. The molecule has 8 heteroatoms. The molecule has 1 aromatic carbocycles. The summed E-state index contributed by atoms with van der Waals surface area (Å²) in [4.78, 5) is 9.88. The molecule has 0 saturated carbocycles. The molecule has 0 aliphatic heterocycles. The van der Waals surface area contributed by atoms with Gasteiger partial charge in [-0.25, -0.2) is 4.98 Å². The molecule has 0 amide bonds. The minimum absolute atomic E-state index is 0.584. The maximum absolute atomic E-state index is 12.5. The van der Waals surface area contributed by atoms with Gasteiger partial charge in [0.15, 0.2) is 5.96 Å². The maximum atomic E-state index is 12.5. The fourth-order valence-electron chi connectivity index (χ4n) is 2.34. The Morgan fingerprint density at radius 3 is 2.19 bits per heavy atom. The van der Waals surface area contributed by atoms with Gasteiger partial charge < -0.3 is 10.6 Å². The Kier molecular flexibility index (Phi) is 7.02. The average molecular weight is 384 g/mol. The van der Waals surface area contributed by atoms with Crippen molar-refractivity contribution in [3.8, 4) is 0 Å². The molecule has 2 rings (SSSR count). The Morgan fingerprint density at radius 2 is 1.69 bits per heavy atom. The summed E-state index contributed by atoms with van der Waals surface area (Å²) < 4.78 is 37.6. The van der Waals surface area contributed by atoms with Gasteiger partial charge in [0.05, 0.1) is 16.3 Å². The van der Waals surface area contributed by atoms with Crippen LogP contribution in [-0.2, 0) is 19.0 Å². The summed E-state index contributed by atoms with van der Waals surface area (Å²) in [7, 11) is 1.69. The number of rotatable bonds is 6. The molecule has 0 fully saturated rings. The molecule has 0 spiro atoms. The summed E-state index contributed by atoms with van der Waals surface area (Å²) in [6.07, 6.45) is -2.86. The number of benzene rings is 1. The second-order valence-corrected chi connectivity index (χ2v) is 7.16. The van der Waals surface area contributed by atoms with E-state index in [2.05, 4.69) is 27.5 Å². The van der Waals surface area contributed by atoms with E-state index in [4.69, 9.17) is 0 Å². The first-order valence-corrected chi connectivity index (χ1v) is 9.15. The lowest BCUT2D eigenvalue weighted by molar-refractivity contribution is -0.137. The van der Waals surface area contributed by atoms with Crippen molar-refractivity contribution >= 4 is 17.3 Å². The minimum Gasteiger partial charge on any atom is -0.356 e. The van der Waals surface area contributed by atoms with Crippen molar-refractivity contribution in [1.82, 2.24) is 15.6 Å². The number of nitrogens with zero attached hydrogens (tertiary/aromatic N) is 2. The lowest BCUT2D eigenvalue weighted by Crippen LogP contribution is -2.39. The van der Waals surface area contributed by atoms with Crippen molar-refractivity contribution < 1.29 is 13.2 Å². The fourth-order valence-corrected chi connectivity index (χ4v) is 3.27. The highest BCUT2D eigenvalue weighted by Gasteiger charge is 2.29. The largest absolute Gasteiger partial charge is 0.416 e. The molecule has 26 heavy (non-hydrogen) atoms. The van der Waals surface area contributed by atoms with Gasteiger partial charge in [0, 0.05) is 31.4 Å². The second-order valence-electron chi connectivity index (χ2n) is 5.87. The third-order valence-electron chi connectivity index (χ3n) is 3.92. The number of aliphatic imine (C=N–C) groups is 1. The highest BCUT2D eigenvalue weighted by molar-refractivity contribution is 7.11. The molecule has 0 aliphatic rings. The van der Waals surface area contributed by atoms with E-state index >= 15 is 0 Å². The number of aryl methyl sites for hydroxylation is 2. The molecule has 0 radical (unpaired) electrons. The zero-order valence-electron chi connectivity index (χ0n) is 15.1. The highest BCUT2D eigenvalue weighted by Crippen LogP contribution is 2.29. The first-order valence-electron chi connectivity index (χ1n) is 8.33. The zero-order valence-corrected chi connectivity index (χ0v) is 15.9. The number of guanidine groups is 1. The van der Waals surface area contributed by atoms with Crippen LogP contribution in [-0.4, -0.2) is 31.1 Å². The molecule has 2 aromatic rings. The van der Waals surface area contributed by atoms with Crippen molar-refractivity contribution in [3.63, 3.8) is 0 Å². The van der Waals surface area contributed by atoms with Crippen molar-refractivity contribution in [3.05, 3.63) is 51.0 Å². The lowest BCUT2D eigenvalue weighted by atomic mass is 10.1. The number of hydrogen-bond donors (Lipinski definition) is 2. The lowest BCUT2D eigenvalue weighted by Gasteiger charge is -2.12. The van der Waals surface area contributed by atoms with E-state index < -0.39 is 11.7 Å². The van der Waals surface area contributed by atoms with Crippen LogP contribution in [0.1, 0.15) is 26.7 Å². The number of alkyl halides is 3. The molecule has 4 nitrogen and oxygen atoms in total. The number of halogens is 3. The van der Waals surface area contributed by atoms with E-state index in [0.29, 0.717) is 25.5 Å². The van der Waals surface area contributed by atoms with Gasteiger partial charge >= 0.3 is 6.18 Å². The highest BCUT2D eigenvalue weighted by atomic mass is 32.1. The van der Waals surface area contributed by atoms with Crippen LogP contribution < -0.4 is 10.6 Å². The third-order valence-corrected chi connectivity index (χ3v) is 5.05. The first kappa shape index (κ1) is 20.2. The normalized spacial score (nSPS) is 12.3. The molecule has 0 saturated heterocycles. The molecule has 2 N–H and O–H groups in total. The van der Waals surface area contributed by atoms with Crippen LogP contribution in [0.3, 0.4) is 0 Å². The van der Waals surface area contributed by atoms with Gasteiger partial charge in [0.1, 0.15) is 0 Å². The van der Waals surface area contributed by atoms with E-state index in [9.17, 15) is 13.2 Å². The van der Waals surface area contributed by atoms with Crippen LogP contribution >= 0.6 is 11.3 Å². The predicted molar refractivity (Wildman–Crippen MR) is 99.8 cm³/mol. The fraction of sp³-hybridized carbons (Fsp3) is 0.444. The Bertz CT molecular complexity index is 716. The quantitative estimate of drug-likeness (QED) is 0.589. The second kappa shape index (κ2) is 9.02. The average Bonchev–Trinajstić information content (AvgIpc) is 2.91. The number of aromatic nitrogens is 1. The van der Waals surface area contributed by atoms with Crippen LogP contribution in [0, 0.1) is 13.8 Å². The maximum Gasteiger partial charge on any atom is 0.416 e. The van der Waals surface area contributed by atoms with E-state index in [0.717, 1.165) is 34.8 Å².